The molecular weight excluding hydrogens is 136 g/mol. The van der Waals surface area contributed by atoms with Crippen LogP contribution >= 0.6 is 0 Å². The van der Waals surface area contributed by atoms with Gasteiger partial charge in [-0.15, -0.1) is 0 Å². The Kier molecular flexibility index (Phi) is 1.59. The molecule has 0 heterocycles. The van der Waals surface area contributed by atoms with Gasteiger partial charge in [0.2, 0.25) is 0 Å². The zero-order valence-electron chi connectivity index (χ0n) is 6.92. The smallest absolute Gasteiger partial charge is 0.159 e. The quantitative estimate of drug-likeness (QED) is 0.517. The highest BCUT2D eigenvalue weighted by Gasteiger charge is 2.36. The van der Waals surface area contributed by atoms with E-state index in [9.17, 15) is 4.79 Å². The molecule has 11 heavy (non-hydrogen) atoms. The van der Waals surface area contributed by atoms with Crippen LogP contribution in [0.5, 0.6) is 0 Å². The Morgan fingerprint density at radius 3 is 3.00 bits per heavy atom. The molecule has 0 spiro atoms. The number of fused-ring (bicyclic) bond motifs is 1. The van der Waals surface area contributed by atoms with Gasteiger partial charge >= 0.3 is 0 Å². The van der Waals surface area contributed by atoms with Crippen molar-refractivity contribution in [2.45, 2.75) is 26.2 Å². The van der Waals surface area contributed by atoms with Gasteiger partial charge in [0.05, 0.1) is 0 Å². The average Bonchev–Trinajstić information content (AvgIpc) is 2.34. The number of hydrogen-bond acceptors (Lipinski definition) is 1. The average molecular weight is 150 g/mol. The zero-order valence-corrected chi connectivity index (χ0v) is 6.92. The SMILES string of the molecule is CC1CCC[C@H]2C=CC(=O)[C@@H]12. The van der Waals surface area contributed by atoms with Crippen LogP contribution in [0.3, 0.4) is 0 Å². The molecule has 0 N–H and O–H groups in total. The van der Waals surface area contributed by atoms with E-state index in [2.05, 4.69) is 13.0 Å². The standard InChI is InChI=1S/C10H14O/c1-7-3-2-4-8-5-6-9(11)10(7)8/h5-8,10H,2-4H2,1H3/t7?,8-,10-/m0/s1. The molecule has 1 nitrogen and oxygen atoms in total. The third-order valence-corrected chi connectivity index (χ3v) is 3.11. The summed E-state index contributed by atoms with van der Waals surface area (Å²) in [5.74, 6) is 1.94. The molecule has 2 aliphatic carbocycles. The van der Waals surface area contributed by atoms with Gasteiger partial charge < -0.3 is 0 Å². The van der Waals surface area contributed by atoms with Gasteiger partial charge in [-0.3, -0.25) is 4.79 Å². The summed E-state index contributed by atoms with van der Waals surface area (Å²) in [7, 11) is 0. The third kappa shape index (κ3) is 1.03. The van der Waals surface area contributed by atoms with E-state index in [0.717, 1.165) is 0 Å². The molecule has 1 saturated carbocycles. The van der Waals surface area contributed by atoms with Crippen LogP contribution < -0.4 is 0 Å². The van der Waals surface area contributed by atoms with Crippen molar-refractivity contribution in [2.75, 3.05) is 0 Å². The lowest BCUT2D eigenvalue weighted by Crippen LogP contribution is -2.27. The molecule has 3 atom stereocenters. The molecule has 60 valence electrons. The fourth-order valence-corrected chi connectivity index (χ4v) is 2.49. The van der Waals surface area contributed by atoms with Gasteiger partial charge in [0.1, 0.15) is 0 Å². The van der Waals surface area contributed by atoms with Crippen LogP contribution in [0.2, 0.25) is 0 Å². The first-order chi connectivity index (χ1) is 5.29. The van der Waals surface area contributed by atoms with E-state index in [-0.39, 0.29) is 0 Å². The van der Waals surface area contributed by atoms with Crippen LogP contribution in [0.25, 0.3) is 0 Å². The second-order valence-corrected chi connectivity index (χ2v) is 3.86. The predicted octanol–water partition coefficient (Wildman–Crippen LogP) is 2.18. The first kappa shape index (κ1) is 7.08. The lowest BCUT2D eigenvalue weighted by molar-refractivity contribution is -0.120. The molecule has 0 bridgehead atoms. The van der Waals surface area contributed by atoms with E-state index in [1.807, 2.05) is 0 Å². The minimum atomic E-state index is 0.351. The van der Waals surface area contributed by atoms with Crippen molar-refractivity contribution in [1.82, 2.24) is 0 Å². The fourth-order valence-electron chi connectivity index (χ4n) is 2.49. The van der Waals surface area contributed by atoms with Crippen molar-refractivity contribution in [1.29, 1.82) is 0 Å². The summed E-state index contributed by atoms with van der Waals surface area (Å²) in [6, 6.07) is 0. The minimum absolute atomic E-state index is 0.351. The van der Waals surface area contributed by atoms with Crippen molar-refractivity contribution < 1.29 is 4.79 Å². The molecule has 0 saturated heterocycles. The topological polar surface area (TPSA) is 17.1 Å². The molecule has 1 fully saturated rings. The molecule has 0 aromatic heterocycles. The van der Waals surface area contributed by atoms with Crippen molar-refractivity contribution in [3.63, 3.8) is 0 Å². The largest absolute Gasteiger partial charge is 0.295 e. The zero-order chi connectivity index (χ0) is 7.84. The molecule has 1 heteroatoms. The summed E-state index contributed by atoms with van der Waals surface area (Å²) < 4.78 is 0. The predicted molar refractivity (Wildman–Crippen MR) is 44.1 cm³/mol. The second-order valence-electron chi connectivity index (χ2n) is 3.86. The molecule has 2 aliphatic rings. The number of hydrogen-bond donors (Lipinski definition) is 0. The summed E-state index contributed by atoms with van der Waals surface area (Å²) in [5.41, 5.74) is 0. The number of rotatable bonds is 0. The van der Waals surface area contributed by atoms with E-state index in [4.69, 9.17) is 0 Å². The van der Waals surface area contributed by atoms with Gasteiger partial charge in [-0.25, -0.2) is 0 Å². The Balaban J connectivity index is 2.19. The van der Waals surface area contributed by atoms with Gasteiger partial charge in [-0.05, 0) is 30.8 Å². The first-order valence-electron chi connectivity index (χ1n) is 4.51. The minimum Gasteiger partial charge on any atom is -0.295 e. The molecule has 0 amide bonds. The van der Waals surface area contributed by atoms with Gasteiger partial charge in [0.15, 0.2) is 5.78 Å². The molecule has 1 unspecified atom stereocenters. The summed E-state index contributed by atoms with van der Waals surface area (Å²) in [6.45, 7) is 2.21. The molecular formula is C10H14O. The van der Waals surface area contributed by atoms with E-state index < -0.39 is 0 Å². The normalized spacial score (nSPS) is 42.6. The first-order valence-corrected chi connectivity index (χ1v) is 4.51. The van der Waals surface area contributed by atoms with Crippen molar-refractivity contribution in [3.05, 3.63) is 12.2 Å². The maximum atomic E-state index is 11.3. The van der Waals surface area contributed by atoms with Crippen LogP contribution in [0.1, 0.15) is 26.2 Å². The van der Waals surface area contributed by atoms with E-state index in [1.54, 1.807) is 6.08 Å². The van der Waals surface area contributed by atoms with Crippen LogP contribution in [-0.2, 0) is 4.79 Å². The lowest BCUT2D eigenvalue weighted by atomic mass is 9.74. The molecule has 0 aliphatic heterocycles. The van der Waals surface area contributed by atoms with E-state index in [0.29, 0.717) is 23.5 Å². The van der Waals surface area contributed by atoms with Crippen molar-refractivity contribution in [2.24, 2.45) is 17.8 Å². The van der Waals surface area contributed by atoms with Crippen LogP contribution in [-0.4, -0.2) is 5.78 Å². The fraction of sp³-hybridized carbons (Fsp3) is 0.700. The molecule has 2 rings (SSSR count). The molecule has 0 aromatic carbocycles. The van der Waals surface area contributed by atoms with Gasteiger partial charge in [-0.1, -0.05) is 19.4 Å². The van der Waals surface area contributed by atoms with Gasteiger partial charge in [-0.2, -0.15) is 0 Å². The second kappa shape index (κ2) is 2.47. The number of carbonyl (C=O) groups is 1. The Morgan fingerprint density at radius 1 is 1.45 bits per heavy atom. The van der Waals surface area contributed by atoms with Crippen LogP contribution in [0.15, 0.2) is 12.2 Å². The Morgan fingerprint density at radius 2 is 2.27 bits per heavy atom. The molecule has 0 aromatic rings. The Hall–Kier alpha value is -0.590. The van der Waals surface area contributed by atoms with E-state index in [1.165, 1.54) is 19.3 Å². The maximum absolute atomic E-state index is 11.3. The third-order valence-electron chi connectivity index (χ3n) is 3.11. The summed E-state index contributed by atoms with van der Waals surface area (Å²) in [5, 5.41) is 0. The molecule has 0 radical (unpaired) electrons. The Bertz CT molecular complexity index is 205. The van der Waals surface area contributed by atoms with Crippen LogP contribution in [0.4, 0.5) is 0 Å². The lowest BCUT2D eigenvalue weighted by Gasteiger charge is -2.29. The van der Waals surface area contributed by atoms with Crippen molar-refractivity contribution >= 4 is 5.78 Å². The monoisotopic (exact) mass is 150 g/mol. The number of carbonyl (C=O) groups excluding carboxylic acids is 1. The number of ketones is 1. The summed E-state index contributed by atoms with van der Waals surface area (Å²) in [6.07, 6.45) is 7.69. The van der Waals surface area contributed by atoms with Gasteiger partial charge in [0, 0.05) is 5.92 Å². The highest BCUT2D eigenvalue weighted by Crippen LogP contribution is 2.39. The van der Waals surface area contributed by atoms with Crippen molar-refractivity contribution in [3.8, 4) is 0 Å². The summed E-state index contributed by atoms with van der Waals surface area (Å²) >= 11 is 0. The maximum Gasteiger partial charge on any atom is 0.159 e. The highest BCUT2D eigenvalue weighted by atomic mass is 16.1. The highest BCUT2D eigenvalue weighted by molar-refractivity contribution is 5.94. The number of allylic oxidation sites excluding steroid dienone is 2. The van der Waals surface area contributed by atoms with Crippen LogP contribution in [0, 0.1) is 17.8 Å². The van der Waals surface area contributed by atoms with E-state index >= 15 is 0 Å². The van der Waals surface area contributed by atoms with Gasteiger partial charge in [0.25, 0.3) is 0 Å². The summed E-state index contributed by atoms with van der Waals surface area (Å²) in [4.78, 5) is 11.3. The Labute approximate surface area is 67.5 Å².